The van der Waals surface area contributed by atoms with Crippen LogP contribution >= 0.6 is 27.5 Å². The molecule has 0 fully saturated rings. The molecule has 0 N–H and O–H groups in total. The molecule has 0 saturated carbocycles. The summed E-state index contributed by atoms with van der Waals surface area (Å²) in [4.78, 5) is 15.8. The molecule has 1 aliphatic heterocycles. The Morgan fingerprint density at radius 3 is 3.11 bits per heavy atom. The largest absolute Gasteiger partial charge is 0.598 e. The molecule has 0 bridgehead atoms. The average Bonchev–Trinajstić information content (AvgIpc) is 2.66. The highest BCUT2D eigenvalue weighted by Crippen LogP contribution is 2.37. The van der Waals surface area contributed by atoms with Crippen LogP contribution < -0.4 is 4.76 Å². The number of quaternary nitrogens is 1. The maximum Gasteiger partial charge on any atom is 0.368 e. The Balaban J connectivity index is 2.44. The molecule has 2 atom stereocenters. The van der Waals surface area contributed by atoms with E-state index in [9.17, 15) is 10.0 Å². The predicted molar refractivity (Wildman–Crippen MR) is 75.8 cm³/mol. The maximum absolute atomic E-state index is 12.9. The second-order valence-electron chi connectivity index (χ2n) is 3.88. The third kappa shape index (κ3) is 2.64. The van der Waals surface area contributed by atoms with E-state index in [1.165, 1.54) is 12.3 Å². The third-order valence-corrected chi connectivity index (χ3v) is 3.42. The second kappa shape index (κ2) is 5.54. The molecule has 0 amide bonds. The van der Waals surface area contributed by atoms with Gasteiger partial charge in [0.2, 0.25) is 6.04 Å². The number of esters is 1. The zero-order chi connectivity index (χ0) is 14.0. The van der Waals surface area contributed by atoms with E-state index in [-0.39, 0.29) is 23.9 Å². The normalized spacial score (nSPS) is 26.1. The first kappa shape index (κ1) is 14.4. The van der Waals surface area contributed by atoms with Crippen LogP contribution in [0.4, 0.5) is 5.82 Å². The lowest BCUT2D eigenvalue weighted by Gasteiger charge is -2.35. The van der Waals surface area contributed by atoms with Crippen molar-refractivity contribution in [1.29, 1.82) is 0 Å². The molecule has 1 aromatic rings. The second-order valence-corrected chi connectivity index (χ2v) is 5.20. The van der Waals surface area contributed by atoms with E-state index in [0.717, 1.165) is 0 Å². The van der Waals surface area contributed by atoms with E-state index >= 15 is 0 Å². The first-order valence-electron chi connectivity index (χ1n) is 5.61. The van der Waals surface area contributed by atoms with Gasteiger partial charge in [0.05, 0.1) is 13.0 Å². The smallest absolute Gasteiger partial charge is 0.368 e. The van der Waals surface area contributed by atoms with Gasteiger partial charge in [-0.2, -0.15) is 4.76 Å². The molecule has 2 rings (SSSR count). The van der Waals surface area contributed by atoms with E-state index in [2.05, 4.69) is 26.0 Å². The molecular weight excluding hydrogens is 337 g/mol. The van der Waals surface area contributed by atoms with Crippen molar-refractivity contribution in [1.82, 2.24) is 9.74 Å². The molecule has 0 aromatic carbocycles. The highest BCUT2D eigenvalue weighted by molar-refractivity contribution is 9.18. The molecule has 0 radical (unpaired) electrons. The molecule has 0 aliphatic carbocycles. The minimum atomic E-state index is -1.28. The zero-order valence-electron chi connectivity index (χ0n) is 10.0. The molecule has 1 aromatic heterocycles. The van der Waals surface area contributed by atoms with Gasteiger partial charge < -0.3 is 9.94 Å². The van der Waals surface area contributed by atoms with E-state index in [1.54, 1.807) is 13.0 Å². The number of rotatable bonds is 3. The lowest BCUT2D eigenvalue weighted by atomic mass is 10.2. The quantitative estimate of drug-likeness (QED) is 0.478. The molecule has 102 valence electrons. The standard InChI is InChI=1S/C11H11BrClN3O3/c1-2-19-11(17)8-6-9(12)15-16(8,18)10-7(13)4-3-5-14-10/h3-5,8H,2,6H2,1H3. The van der Waals surface area contributed by atoms with Crippen LogP contribution in [-0.4, -0.2) is 28.2 Å². The van der Waals surface area contributed by atoms with Gasteiger partial charge in [-0.25, -0.2) is 9.78 Å². The van der Waals surface area contributed by atoms with Gasteiger partial charge in [0.1, 0.15) is 9.64 Å². The van der Waals surface area contributed by atoms with E-state index < -0.39 is 16.8 Å². The number of hydroxylamine groups is 1. The van der Waals surface area contributed by atoms with Gasteiger partial charge in [-0.1, -0.05) is 16.7 Å². The van der Waals surface area contributed by atoms with Crippen molar-refractivity contribution in [3.05, 3.63) is 28.6 Å². The molecule has 0 spiro atoms. The monoisotopic (exact) mass is 347 g/mol. The first-order valence-corrected chi connectivity index (χ1v) is 6.78. The van der Waals surface area contributed by atoms with Gasteiger partial charge in [-0.05, 0) is 35.0 Å². The summed E-state index contributed by atoms with van der Waals surface area (Å²) in [6.45, 7) is 1.87. The van der Waals surface area contributed by atoms with Crippen molar-refractivity contribution in [2.45, 2.75) is 19.4 Å². The van der Waals surface area contributed by atoms with Gasteiger partial charge in [0.15, 0.2) is 0 Å². The fraction of sp³-hybridized carbons (Fsp3) is 0.364. The van der Waals surface area contributed by atoms with Crippen LogP contribution in [0.5, 0.6) is 0 Å². The lowest BCUT2D eigenvalue weighted by molar-refractivity contribution is -0.147. The van der Waals surface area contributed by atoms with E-state index in [0.29, 0.717) is 4.62 Å². The predicted octanol–water partition coefficient (Wildman–Crippen LogP) is 2.58. The fourth-order valence-corrected chi connectivity index (χ4v) is 2.61. The van der Waals surface area contributed by atoms with Crippen LogP contribution in [0.3, 0.4) is 0 Å². The number of halogens is 2. The Hall–Kier alpha value is -1.02. The number of carbonyl (C=O) groups is 1. The van der Waals surface area contributed by atoms with Crippen molar-refractivity contribution in [2.24, 2.45) is 5.10 Å². The Morgan fingerprint density at radius 1 is 1.74 bits per heavy atom. The number of pyridine rings is 1. The summed E-state index contributed by atoms with van der Waals surface area (Å²) < 4.78 is 4.02. The number of aromatic nitrogens is 1. The SMILES string of the molecule is CCOC(=O)C1CC(Br)=N[N+]1([O-])c1ncccc1Cl. The molecule has 8 heteroatoms. The molecule has 0 saturated heterocycles. The minimum Gasteiger partial charge on any atom is -0.598 e. The highest BCUT2D eigenvalue weighted by Gasteiger charge is 2.47. The topological polar surface area (TPSA) is 74.6 Å². The molecule has 1 aliphatic rings. The van der Waals surface area contributed by atoms with Crippen LogP contribution in [0.1, 0.15) is 13.3 Å². The van der Waals surface area contributed by atoms with E-state index in [4.69, 9.17) is 16.3 Å². The minimum absolute atomic E-state index is 0.0170. The Kier molecular flexibility index (Phi) is 4.19. The molecular formula is C11H11BrClN3O3. The summed E-state index contributed by atoms with van der Waals surface area (Å²) in [6.07, 6.45) is 1.60. The molecule has 6 nitrogen and oxygen atoms in total. The van der Waals surface area contributed by atoms with Gasteiger partial charge in [-0.3, -0.25) is 0 Å². The van der Waals surface area contributed by atoms with Crippen LogP contribution in [0.15, 0.2) is 23.4 Å². The maximum atomic E-state index is 12.9. The molecule has 2 unspecified atom stereocenters. The Bertz CT molecular complexity index is 540. The van der Waals surface area contributed by atoms with Gasteiger partial charge in [0.25, 0.3) is 5.82 Å². The van der Waals surface area contributed by atoms with Crippen molar-refractivity contribution in [3.8, 4) is 0 Å². The van der Waals surface area contributed by atoms with Crippen LogP contribution in [0.25, 0.3) is 0 Å². The van der Waals surface area contributed by atoms with Crippen molar-refractivity contribution in [2.75, 3.05) is 6.61 Å². The summed E-state index contributed by atoms with van der Waals surface area (Å²) in [5.41, 5.74) is 0. The van der Waals surface area contributed by atoms with Crippen molar-refractivity contribution < 1.29 is 9.53 Å². The summed E-state index contributed by atoms with van der Waals surface area (Å²) in [6, 6.07) is 2.11. The van der Waals surface area contributed by atoms with Crippen molar-refractivity contribution >= 4 is 43.9 Å². The van der Waals surface area contributed by atoms with Crippen LogP contribution in [0.2, 0.25) is 5.02 Å². The van der Waals surface area contributed by atoms with Crippen LogP contribution in [-0.2, 0) is 9.53 Å². The van der Waals surface area contributed by atoms with Crippen molar-refractivity contribution in [3.63, 3.8) is 0 Å². The highest BCUT2D eigenvalue weighted by atomic mass is 79.9. The number of nitrogens with zero attached hydrogens (tertiary/aromatic N) is 3. The Labute approximate surface area is 123 Å². The van der Waals surface area contributed by atoms with Crippen LogP contribution in [0, 0.1) is 5.21 Å². The fourth-order valence-electron chi connectivity index (χ4n) is 1.83. The average molecular weight is 349 g/mol. The lowest BCUT2D eigenvalue weighted by Crippen LogP contribution is -2.50. The third-order valence-electron chi connectivity index (χ3n) is 2.64. The van der Waals surface area contributed by atoms with E-state index in [1.807, 2.05) is 0 Å². The van der Waals surface area contributed by atoms with Gasteiger partial charge in [-0.15, -0.1) is 0 Å². The zero-order valence-corrected chi connectivity index (χ0v) is 12.4. The number of ether oxygens (including phenoxy) is 1. The summed E-state index contributed by atoms with van der Waals surface area (Å²) in [7, 11) is 0. The first-order chi connectivity index (χ1) is 8.99. The van der Waals surface area contributed by atoms with Gasteiger partial charge >= 0.3 is 5.97 Å². The summed E-state index contributed by atoms with van der Waals surface area (Å²) in [5, 5.41) is 16.9. The summed E-state index contributed by atoms with van der Waals surface area (Å²) in [5.74, 6) is -0.630. The number of carbonyl (C=O) groups excluding carboxylic acids is 1. The summed E-state index contributed by atoms with van der Waals surface area (Å²) >= 11 is 9.13. The molecule has 2 heterocycles. The Morgan fingerprint density at radius 2 is 2.47 bits per heavy atom. The molecule has 19 heavy (non-hydrogen) atoms. The van der Waals surface area contributed by atoms with Gasteiger partial charge in [0, 0.05) is 6.20 Å². The number of hydrogen-bond donors (Lipinski definition) is 0. The number of hydrogen-bond acceptors (Lipinski definition) is 5.